The summed E-state index contributed by atoms with van der Waals surface area (Å²) < 4.78 is 0. The quantitative estimate of drug-likeness (QED) is 0.151. The van der Waals surface area contributed by atoms with Gasteiger partial charge in [-0.2, -0.15) is 12.1 Å². The number of fused-ring (bicyclic) bond motifs is 6. The molecule has 0 amide bonds. The van der Waals surface area contributed by atoms with E-state index in [2.05, 4.69) is 152 Å². The number of hydrogen-bond acceptors (Lipinski definition) is 0. The van der Waals surface area contributed by atoms with Gasteiger partial charge in [0, 0.05) is 25.8 Å². The van der Waals surface area contributed by atoms with Gasteiger partial charge >= 0.3 is 0 Å². The van der Waals surface area contributed by atoms with Gasteiger partial charge in [-0.1, -0.05) is 113 Å². The molecule has 3 heteroatoms. The van der Waals surface area contributed by atoms with E-state index in [1.165, 1.54) is 54.2 Å². The number of benzene rings is 4. The van der Waals surface area contributed by atoms with Crippen molar-refractivity contribution in [3.05, 3.63) is 122 Å². The standard InChI is InChI=1S/2C17H17.C3H6.2ClH.Hf/c2*1-17(2,3)14-10-13-9-8-12-6-4-5-7-15(12)16(13)11-14;1-3-2;;;/h2*4-11H,1-3H3;1-3H2;2*1H;/q2*-1;-2;;;/p-2. The molecule has 0 nitrogen and oxygen atoms in total. The molecule has 0 saturated heterocycles. The first-order valence-corrected chi connectivity index (χ1v) is 13.3. The summed E-state index contributed by atoms with van der Waals surface area (Å²) in [7, 11) is 0. The summed E-state index contributed by atoms with van der Waals surface area (Å²) >= 11 is 0. The summed E-state index contributed by atoms with van der Waals surface area (Å²) in [5, 5.41) is 10.8. The van der Waals surface area contributed by atoms with Crippen LogP contribution in [-0.2, 0) is 36.7 Å². The average Bonchev–Trinajstić information content (AvgIpc) is 3.50. The molecule has 0 saturated carbocycles. The molecule has 0 radical (unpaired) electrons. The van der Waals surface area contributed by atoms with E-state index in [-0.39, 0.29) is 61.5 Å². The molecule has 0 spiro atoms. The second kappa shape index (κ2) is 14.8. The second-order valence-electron chi connectivity index (χ2n) is 11.9. The van der Waals surface area contributed by atoms with Gasteiger partial charge in [0.15, 0.2) is 0 Å². The molecule has 0 aromatic heterocycles. The Hall–Kier alpha value is -1.93. The number of halogens is 2. The van der Waals surface area contributed by atoms with Crippen molar-refractivity contribution in [2.45, 2.75) is 58.8 Å². The first-order chi connectivity index (χ1) is 17.5. The predicted octanol–water partition coefficient (Wildman–Crippen LogP) is 5.07. The molecule has 0 bridgehead atoms. The molecule has 0 N–H and O–H groups in total. The van der Waals surface area contributed by atoms with Gasteiger partial charge in [-0.25, -0.2) is 0 Å². The summed E-state index contributed by atoms with van der Waals surface area (Å²) in [5.41, 5.74) is 3.29. The topological polar surface area (TPSA) is 0 Å². The van der Waals surface area contributed by atoms with Gasteiger partial charge in [0.25, 0.3) is 0 Å². The van der Waals surface area contributed by atoms with Gasteiger partial charge in [-0.3, -0.25) is 0 Å². The van der Waals surface area contributed by atoms with E-state index in [4.69, 9.17) is 0 Å². The Morgan fingerprint density at radius 2 is 0.850 bits per heavy atom. The zero-order valence-corrected chi connectivity index (χ0v) is 29.7. The smallest absolute Gasteiger partial charge is 0 e. The van der Waals surface area contributed by atoms with Crippen LogP contribution < -0.4 is 24.8 Å². The van der Waals surface area contributed by atoms with Gasteiger partial charge in [-0.05, 0) is 21.6 Å². The van der Waals surface area contributed by atoms with Crippen LogP contribution in [0.25, 0.3) is 43.1 Å². The first kappa shape index (κ1) is 36.1. The third-order valence-corrected chi connectivity index (χ3v) is 6.96. The van der Waals surface area contributed by atoms with Crippen molar-refractivity contribution in [1.29, 1.82) is 0 Å². The van der Waals surface area contributed by atoms with E-state index < -0.39 is 0 Å². The van der Waals surface area contributed by atoms with Gasteiger partial charge in [0.05, 0.1) is 0 Å². The molecule has 6 rings (SSSR count). The SMILES string of the molecule is CC(C)(C)c1cc2c(ccc3ccccc32)[cH-]1.CC(C)(C)c1cc2c(ccc3ccccc32)[cH-]1.[CH2-]C[CH2-].[Cl-].[Cl-].[Hf]. The van der Waals surface area contributed by atoms with Crippen molar-refractivity contribution in [2.24, 2.45) is 0 Å². The van der Waals surface area contributed by atoms with Gasteiger partial charge < -0.3 is 45.1 Å². The molecule has 0 aliphatic rings. The fourth-order valence-electron chi connectivity index (χ4n) is 4.79. The minimum absolute atomic E-state index is 0. The maximum absolute atomic E-state index is 3.38. The van der Waals surface area contributed by atoms with E-state index >= 15 is 0 Å². The van der Waals surface area contributed by atoms with E-state index in [0.717, 1.165) is 6.42 Å². The fourth-order valence-corrected chi connectivity index (χ4v) is 4.79. The van der Waals surface area contributed by atoms with E-state index in [1.54, 1.807) is 0 Å². The second-order valence-corrected chi connectivity index (χ2v) is 11.9. The molecule has 0 heterocycles. The van der Waals surface area contributed by atoms with Crippen LogP contribution in [0, 0.1) is 13.8 Å². The van der Waals surface area contributed by atoms with Crippen molar-refractivity contribution in [1.82, 2.24) is 0 Å². The van der Waals surface area contributed by atoms with E-state index in [9.17, 15) is 0 Å². The molecular weight excluding hydrogens is 694 g/mol. The van der Waals surface area contributed by atoms with Crippen LogP contribution in [0.1, 0.15) is 59.1 Å². The van der Waals surface area contributed by atoms with Crippen molar-refractivity contribution in [2.75, 3.05) is 0 Å². The third kappa shape index (κ3) is 8.09. The number of hydrogen-bond donors (Lipinski definition) is 0. The van der Waals surface area contributed by atoms with Crippen LogP contribution >= 0.6 is 0 Å². The average molecular weight is 734 g/mol. The maximum atomic E-state index is 3.38. The van der Waals surface area contributed by atoms with Crippen LogP contribution in [-0.4, -0.2) is 0 Å². The Kier molecular flexibility index (Phi) is 13.4. The van der Waals surface area contributed by atoms with Crippen LogP contribution in [0.4, 0.5) is 0 Å². The predicted molar refractivity (Wildman–Crippen MR) is 167 cm³/mol. The summed E-state index contributed by atoms with van der Waals surface area (Å²) in [6.07, 6.45) is 0.750. The third-order valence-electron chi connectivity index (χ3n) is 6.96. The zero-order chi connectivity index (χ0) is 26.8. The normalized spacial score (nSPS) is 11.0. The van der Waals surface area contributed by atoms with Gasteiger partial charge in [-0.15, -0.1) is 56.9 Å². The zero-order valence-electron chi connectivity index (χ0n) is 24.6. The Morgan fingerprint density at radius 1 is 0.525 bits per heavy atom. The van der Waals surface area contributed by atoms with Crippen molar-refractivity contribution in [3.63, 3.8) is 0 Å². The molecule has 40 heavy (non-hydrogen) atoms. The van der Waals surface area contributed by atoms with E-state index in [1.807, 2.05) is 0 Å². The summed E-state index contributed by atoms with van der Waals surface area (Å²) in [4.78, 5) is 0. The Bertz CT molecular complexity index is 1510. The van der Waals surface area contributed by atoms with Crippen molar-refractivity contribution in [3.8, 4) is 0 Å². The van der Waals surface area contributed by atoms with Crippen LogP contribution in [0.15, 0.2) is 97.1 Å². The fraction of sp³-hybridized carbons (Fsp3) is 0.243. The molecule has 6 aromatic rings. The Balaban J connectivity index is 0.000000341. The molecule has 6 aromatic carbocycles. The molecule has 212 valence electrons. The minimum Gasteiger partial charge on any atom is -1.00 e. The summed E-state index contributed by atoms with van der Waals surface area (Å²) in [5.74, 6) is 0. The molecule has 0 fully saturated rings. The van der Waals surface area contributed by atoms with Crippen LogP contribution in [0.5, 0.6) is 0 Å². The molecular formula is C37H40Cl2Hf-6. The maximum Gasteiger partial charge on any atom is 0 e. The van der Waals surface area contributed by atoms with Crippen molar-refractivity contribution >= 4 is 43.1 Å². The van der Waals surface area contributed by atoms with Crippen molar-refractivity contribution < 1.29 is 50.7 Å². The first-order valence-electron chi connectivity index (χ1n) is 13.3. The number of rotatable bonds is 0. The van der Waals surface area contributed by atoms with Crippen LogP contribution in [0.3, 0.4) is 0 Å². The molecule has 0 atom stereocenters. The van der Waals surface area contributed by atoms with Gasteiger partial charge in [0.1, 0.15) is 0 Å². The Labute approximate surface area is 272 Å². The van der Waals surface area contributed by atoms with Crippen LogP contribution in [0.2, 0.25) is 0 Å². The Morgan fingerprint density at radius 3 is 1.18 bits per heavy atom. The molecule has 0 unspecified atom stereocenters. The van der Waals surface area contributed by atoms with E-state index in [0.29, 0.717) is 0 Å². The summed E-state index contributed by atoms with van der Waals surface area (Å²) in [6.45, 7) is 20.4. The molecule has 0 aliphatic heterocycles. The largest absolute Gasteiger partial charge is 1.00 e. The molecule has 0 aliphatic carbocycles. The monoisotopic (exact) mass is 734 g/mol. The summed E-state index contributed by atoms with van der Waals surface area (Å²) in [6, 6.07) is 35.4. The van der Waals surface area contributed by atoms with Gasteiger partial charge in [0.2, 0.25) is 0 Å². The minimum atomic E-state index is 0.